The number of fused-ring (bicyclic) bond motifs is 10. The first kappa shape index (κ1) is 29.9. The minimum absolute atomic E-state index is 0.0331. The molecule has 220 valence electrons. The van der Waals surface area contributed by atoms with Crippen molar-refractivity contribution in [3.63, 3.8) is 0 Å². The van der Waals surface area contributed by atoms with Crippen LogP contribution in [0.2, 0.25) is 0 Å². The zero-order valence-electron chi connectivity index (χ0n) is 23.8. The number of hydrogen-bond acceptors (Lipinski definition) is 6. The highest BCUT2D eigenvalue weighted by molar-refractivity contribution is 5.93. The van der Waals surface area contributed by atoms with Gasteiger partial charge in [-0.15, -0.1) is 0 Å². The summed E-state index contributed by atoms with van der Waals surface area (Å²) in [5, 5.41) is 18.2. The number of carbonyl (C=O) groups excluding carboxylic acids is 3. The smallest absolute Gasteiger partial charge is 0.408 e. The van der Waals surface area contributed by atoms with Crippen molar-refractivity contribution >= 4 is 23.9 Å². The molecule has 0 spiro atoms. The summed E-state index contributed by atoms with van der Waals surface area (Å²) < 4.78 is 11.4. The number of benzene rings is 2. The van der Waals surface area contributed by atoms with Gasteiger partial charge >= 0.3 is 12.1 Å². The second-order valence-electron chi connectivity index (χ2n) is 11.8. The highest BCUT2D eigenvalue weighted by atomic mass is 16.6. The quantitative estimate of drug-likeness (QED) is 0.439. The van der Waals surface area contributed by atoms with E-state index in [-0.39, 0.29) is 18.8 Å². The summed E-state index contributed by atoms with van der Waals surface area (Å²) in [5.41, 5.74) is 0.663. The molecule has 0 aromatic heterocycles. The molecule has 2 heterocycles. The topological polar surface area (TPSA) is 143 Å². The molecule has 10 nitrogen and oxygen atoms in total. The van der Waals surface area contributed by atoms with E-state index in [1.165, 1.54) is 0 Å². The third kappa shape index (κ3) is 8.70. The number of carboxylic acid groups (broad SMARTS) is 1. The van der Waals surface area contributed by atoms with Crippen LogP contribution in [0.4, 0.5) is 4.79 Å². The van der Waals surface area contributed by atoms with Crippen molar-refractivity contribution in [1.29, 1.82) is 0 Å². The molecule has 2 aromatic carbocycles. The van der Waals surface area contributed by atoms with Crippen LogP contribution in [-0.4, -0.2) is 52.7 Å². The second kappa shape index (κ2) is 13.1. The fourth-order valence-corrected chi connectivity index (χ4v) is 5.28. The lowest BCUT2D eigenvalue weighted by atomic mass is 9.83. The average molecular weight is 566 g/mol. The zero-order valence-corrected chi connectivity index (χ0v) is 23.8. The van der Waals surface area contributed by atoms with Crippen LogP contribution < -0.4 is 20.7 Å². The minimum Gasteiger partial charge on any atom is -0.480 e. The summed E-state index contributed by atoms with van der Waals surface area (Å²) in [7, 11) is 0. The highest BCUT2D eigenvalue weighted by Gasteiger charge is 2.36. The predicted molar refractivity (Wildman–Crippen MR) is 152 cm³/mol. The molecule has 1 aliphatic carbocycles. The Balaban J connectivity index is 1.70. The number of nitrogens with one attached hydrogen (secondary N) is 3. The molecule has 3 atom stereocenters. The Bertz CT molecular complexity index is 1250. The minimum atomic E-state index is -1.22. The Hall–Kier alpha value is -4.08. The molecule has 4 N–H and O–H groups in total. The van der Waals surface area contributed by atoms with Gasteiger partial charge in [0.1, 0.15) is 35.2 Å². The van der Waals surface area contributed by atoms with Crippen molar-refractivity contribution < 1.29 is 33.8 Å². The van der Waals surface area contributed by atoms with E-state index in [0.717, 1.165) is 37.7 Å². The van der Waals surface area contributed by atoms with E-state index in [9.17, 15) is 24.3 Å². The maximum Gasteiger partial charge on any atom is 0.408 e. The molecule has 0 radical (unpaired) electrons. The van der Waals surface area contributed by atoms with E-state index in [0.29, 0.717) is 17.1 Å². The van der Waals surface area contributed by atoms with Crippen LogP contribution in [0.1, 0.15) is 64.0 Å². The van der Waals surface area contributed by atoms with Gasteiger partial charge in [-0.1, -0.05) is 43.5 Å². The second-order valence-corrected chi connectivity index (χ2v) is 11.8. The Kier molecular flexibility index (Phi) is 9.52. The molecule has 1 fully saturated rings. The van der Waals surface area contributed by atoms with Crippen molar-refractivity contribution in [3.05, 3.63) is 59.7 Å². The maximum absolute atomic E-state index is 13.7. The van der Waals surface area contributed by atoms with Crippen LogP contribution in [0.25, 0.3) is 0 Å². The van der Waals surface area contributed by atoms with Crippen molar-refractivity contribution in [2.75, 3.05) is 0 Å². The average Bonchev–Trinajstić information content (AvgIpc) is 2.91. The number of amides is 3. The largest absolute Gasteiger partial charge is 0.480 e. The number of hydrogen-bond donors (Lipinski definition) is 4. The molecule has 41 heavy (non-hydrogen) atoms. The SMILES string of the molecule is CC(C)(C)OC(=O)N[C@H]1Cc2ccc(cc2)Oc2cccc(c2)C[C@H](C(=O)O)NC(=O)[C@@H](C2CCCCC2)NC1=O. The third-order valence-corrected chi connectivity index (χ3v) is 7.26. The van der Waals surface area contributed by atoms with E-state index in [1.54, 1.807) is 69.3 Å². The van der Waals surface area contributed by atoms with Crippen LogP contribution in [0.5, 0.6) is 11.5 Å². The summed E-state index contributed by atoms with van der Waals surface area (Å²) in [6.07, 6.45) is 3.71. The van der Waals surface area contributed by atoms with Crippen molar-refractivity contribution in [2.24, 2.45) is 5.92 Å². The molecule has 1 saturated carbocycles. The predicted octanol–water partition coefficient (Wildman–Crippen LogP) is 4.11. The number of alkyl carbamates (subject to hydrolysis) is 1. The molecule has 0 unspecified atom stereocenters. The van der Waals surface area contributed by atoms with Crippen LogP contribution in [0.3, 0.4) is 0 Å². The maximum atomic E-state index is 13.7. The summed E-state index contributed by atoms with van der Waals surface area (Å²) in [5.74, 6) is -1.38. The fraction of sp³-hybridized carbons (Fsp3) is 0.484. The van der Waals surface area contributed by atoms with Crippen LogP contribution in [-0.2, 0) is 32.0 Å². The van der Waals surface area contributed by atoms with Crippen molar-refractivity contribution in [2.45, 2.75) is 89.4 Å². The summed E-state index contributed by atoms with van der Waals surface area (Å²) >= 11 is 0. The van der Waals surface area contributed by atoms with Gasteiger partial charge in [0.2, 0.25) is 11.8 Å². The van der Waals surface area contributed by atoms with Gasteiger partial charge in [-0.3, -0.25) is 9.59 Å². The monoisotopic (exact) mass is 565 g/mol. The lowest BCUT2D eigenvalue weighted by molar-refractivity contribution is -0.142. The summed E-state index contributed by atoms with van der Waals surface area (Å²) in [6.45, 7) is 5.18. The first-order chi connectivity index (χ1) is 19.5. The lowest BCUT2D eigenvalue weighted by Gasteiger charge is -2.32. The molecule has 4 bridgehead atoms. The van der Waals surface area contributed by atoms with E-state index in [1.807, 2.05) is 0 Å². The molecule has 2 aliphatic heterocycles. The summed E-state index contributed by atoms with van der Waals surface area (Å²) in [4.78, 5) is 52.2. The van der Waals surface area contributed by atoms with E-state index >= 15 is 0 Å². The number of ether oxygens (including phenoxy) is 2. The lowest BCUT2D eigenvalue weighted by Crippen LogP contribution is -2.59. The normalized spacial score (nSPS) is 22.5. The molecule has 0 saturated heterocycles. The highest BCUT2D eigenvalue weighted by Crippen LogP contribution is 2.28. The molecular weight excluding hydrogens is 526 g/mol. The van der Waals surface area contributed by atoms with Crippen molar-refractivity contribution in [3.8, 4) is 11.5 Å². The molecule has 10 heteroatoms. The number of carboxylic acids is 1. The Morgan fingerprint density at radius 2 is 1.61 bits per heavy atom. The first-order valence-electron chi connectivity index (χ1n) is 14.2. The first-order valence-corrected chi connectivity index (χ1v) is 14.2. The zero-order chi connectivity index (χ0) is 29.6. The number of aliphatic carboxylic acids is 1. The molecule has 3 aliphatic rings. The van der Waals surface area contributed by atoms with Gasteiger partial charge in [0, 0.05) is 12.8 Å². The standard InChI is InChI=1S/C31H39N3O7/c1-31(2,3)41-30(39)33-24-17-19-12-14-22(15-13-19)40-23-11-7-8-20(16-23)18-25(29(37)38)32-28(36)26(34-27(24)35)21-9-5-4-6-10-21/h7-8,11-16,21,24-26H,4-6,9-10,17-18H2,1-3H3,(H,32,36)(H,33,39)(H,34,35)(H,37,38)/t24-,25+,26+/m0/s1. The third-order valence-electron chi connectivity index (χ3n) is 7.26. The molecule has 3 amide bonds. The van der Waals surface area contributed by atoms with Gasteiger partial charge in [0.25, 0.3) is 0 Å². The van der Waals surface area contributed by atoms with Gasteiger partial charge in [0.05, 0.1) is 0 Å². The van der Waals surface area contributed by atoms with Gasteiger partial charge < -0.3 is 30.5 Å². The number of rotatable bonds is 3. The van der Waals surface area contributed by atoms with Crippen LogP contribution in [0.15, 0.2) is 48.5 Å². The fourth-order valence-electron chi connectivity index (χ4n) is 5.28. The van der Waals surface area contributed by atoms with Gasteiger partial charge in [-0.25, -0.2) is 9.59 Å². The van der Waals surface area contributed by atoms with Gasteiger partial charge in [-0.2, -0.15) is 0 Å². The van der Waals surface area contributed by atoms with E-state index in [2.05, 4.69) is 16.0 Å². The molecule has 5 rings (SSSR count). The molecule has 2 aromatic rings. The van der Waals surface area contributed by atoms with E-state index in [4.69, 9.17) is 9.47 Å². The Morgan fingerprint density at radius 1 is 0.902 bits per heavy atom. The van der Waals surface area contributed by atoms with Crippen LogP contribution in [0, 0.1) is 5.92 Å². The van der Waals surface area contributed by atoms with Crippen LogP contribution >= 0.6 is 0 Å². The Labute approximate surface area is 240 Å². The number of carbonyl (C=O) groups is 4. The van der Waals surface area contributed by atoms with E-state index < -0.39 is 47.6 Å². The van der Waals surface area contributed by atoms with Gasteiger partial charge in [-0.05, 0) is 74.9 Å². The molecular formula is C31H39N3O7. The Morgan fingerprint density at radius 3 is 2.27 bits per heavy atom. The van der Waals surface area contributed by atoms with Crippen molar-refractivity contribution in [1.82, 2.24) is 16.0 Å². The summed E-state index contributed by atoms with van der Waals surface area (Å²) in [6, 6.07) is 11.0. The van der Waals surface area contributed by atoms with Gasteiger partial charge in [0.15, 0.2) is 0 Å².